The highest BCUT2D eigenvalue weighted by Gasteiger charge is 2.44. The molecule has 2 aromatic carbocycles. The molecule has 0 amide bonds. The molecule has 0 radical (unpaired) electrons. The molecule has 2 aromatic heterocycles. The molecule has 5 atom stereocenters. The fraction of sp³-hybridized carbons (Fsp3) is 0.308. The van der Waals surface area contributed by atoms with Crippen LogP contribution in [0.25, 0.3) is 16.7 Å². The van der Waals surface area contributed by atoms with Gasteiger partial charge in [0.1, 0.15) is 36.5 Å². The summed E-state index contributed by atoms with van der Waals surface area (Å²) < 4.78 is 92.7. The van der Waals surface area contributed by atoms with E-state index in [0.717, 1.165) is 23.1 Å². The maximum atomic E-state index is 13.9. The number of nitrogens with zero attached hydrogens (tertiary/aromatic N) is 5. The highest BCUT2D eigenvalue weighted by molar-refractivity contribution is 5.81. The van der Waals surface area contributed by atoms with Crippen LogP contribution in [0.4, 0.5) is 26.3 Å². The molecule has 1 aliphatic heterocycles. The zero-order chi connectivity index (χ0) is 32.0. The Morgan fingerprint density at radius 1 is 0.932 bits per heavy atom. The molecule has 5 unspecified atom stereocenters. The second-order valence-corrected chi connectivity index (χ2v) is 9.57. The van der Waals surface area contributed by atoms with E-state index in [0.29, 0.717) is 22.4 Å². The number of benzene rings is 2. The van der Waals surface area contributed by atoms with Crippen LogP contribution in [0, 0.1) is 5.41 Å². The standard InChI is InChI=1S/C26H22F6N6O6/c27-25(28,29)13-3-5-14(6-4-13)38-23-17(21(36-38)26(30,31)32)22(33)37(11-34-23)35-9-12-1-7-15(8-2-12)43-24-20(42)19(41)18(40)16(10-39)44-24/h1-9,11,16,18-20,24,33,39-42H,10H2/b33-22?,35-9-. The molecule has 1 fully saturated rings. The van der Waals surface area contributed by atoms with Crippen LogP contribution in [0.15, 0.2) is 60.0 Å². The number of fused-ring (bicyclic) bond motifs is 1. The monoisotopic (exact) mass is 628 g/mol. The first-order valence-electron chi connectivity index (χ1n) is 12.6. The quantitative estimate of drug-likeness (QED) is 0.159. The van der Waals surface area contributed by atoms with E-state index >= 15 is 0 Å². The zero-order valence-electron chi connectivity index (χ0n) is 22.0. The molecule has 0 aliphatic carbocycles. The van der Waals surface area contributed by atoms with Crippen molar-refractivity contribution in [2.45, 2.75) is 43.1 Å². The normalized spacial score (nSPS) is 23.0. The summed E-state index contributed by atoms with van der Waals surface area (Å²) in [5, 5.41) is 54.3. The summed E-state index contributed by atoms with van der Waals surface area (Å²) in [5.41, 5.74) is -3.43. The van der Waals surface area contributed by atoms with Crippen LogP contribution in [-0.4, -0.2) is 83.4 Å². The number of aliphatic hydroxyl groups is 4. The van der Waals surface area contributed by atoms with E-state index in [1.54, 1.807) is 0 Å². The van der Waals surface area contributed by atoms with Crippen molar-refractivity contribution in [3.63, 3.8) is 0 Å². The summed E-state index contributed by atoms with van der Waals surface area (Å²) in [6, 6.07) is 8.98. The van der Waals surface area contributed by atoms with Gasteiger partial charge in [-0.2, -0.15) is 36.5 Å². The SMILES string of the molecule is N=c1c2c(C(F)(F)F)nn(-c3ccc(C(F)(F)F)cc3)c2ncn1/N=C\c1ccc(OC2OC(CO)C(O)C(O)C2O)cc1. The Balaban J connectivity index is 1.40. The van der Waals surface area contributed by atoms with Crippen molar-refractivity contribution in [2.24, 2.45) is 5.10 Å². The number of aliphatic hydroxyl groups excluding tert-OH is 4. The van der Waals surface area contributed by atoms with E-state index in [-0.39, 0.29) is 11.4 Å². The van der Waals surface area contributed by atoms with Gasteiger partial charge in [-0.1, -0.05) is 0 Å². The van der Waals surface area contributed by atoms with Gasteiger partial charge < -0.3 is 29.9 Å². The third-order valence-electron chi connectivity index (χ3n) is 6.64. The number of halogens is 6. The molecule has 5 rings (SSSR count). The highest BCUT2D eigenvalue weighted by atomic mass is 19.4. The van der Waals surface area contributed by atoms with Gasteiger partial charge in [0.15, 0.2) is 16.8 Å². The number of nitrogens with one attached hydrogen (secondary N) is 1. The Bertz CT molecular complexity index is 1720. The third kappa shape index (κ3) is 6.02. The lowest BCUT2D eigenvalue weighted by Gasteiger charge is -2.39. The van der Waals surface area contributed by atoms with E-state index in [1.165, 1.54) is 30.5 Å². The van der Waals surface area contributed by atoms with Crippen molar-refractivity contribution in [3.8, 4) is 11.4 Å². The van der Waals surface area contributed by atoms with Crippen LogP contribution in [0.1, 0.15) is 16.8 Å². The Morgan fingerprint density at radius 3 is 2.18 bits per heavy atom. The van der Waals surface area contributed by atoms with Crippen molar-refractivity contribution < 1.29 is 56.2 Å². The molecule has 234 valence electrons. The number of hydrogen-bond acceptors (Lipinski definition) is 10. The number of ether oxygens (including phenoxy) is 2. The second-order valence-electron chi connectivity index (χ2n) is 9.57. The fourth-order valence-electron chi connectivity index (χ4n) is 4.35. The number of alkyl halides is 6. The largest absolute Gasteiger partial charge is 0.462 e. The summed E-state index contributed by atoms with van der Waals surface area (Å²) in [4.78, 5) is 3.94. The molecule has 18 heteroatoms. The average molecular weight is 628 g/mol. The highest BCUT2D eigenvalue weighted by Crippen LogP contribution is 2.34. The Hall–Kier alpha value is -4.36. The van der Waals surface area contributed by atoms with Gasteiger partial charge >= 0.3 is 12.4 Å². The number of rotatable bonds is 6. The first-order chi connectivity index (χ1) is 20.7. The maximum Gasteiger partial charge on any atom is 0.436 e. The molecule has 0 bridgehead atoms. The van der Waals surface area contributed by atoms with Crippen LogP contribution in [-0.2, 0) is 17.1 Å². The van der Waals surface area contributed by atoms with Crippen LogP contribution in [0.5, 0.6) is 5.75 Å². The fourth-order valence-corrected chi connectivity index (χ4v) is 4.35. The van der Waals surface area contributed by atoms with E-state index in [9.17, 15) is 46.8 Å². The Morgan fingerprint density at radius 2 is 1.59 bits per heavy atom. The van der Waals surface area contributed by atoms with Crippen molar-refractivity contribution in [1.29, 1.82) is 5.41 Å². The van der Waals surface area contributed by atoms with Gasteiger partial charge in [-0.25, -0.2) is 14.3 Å². The smallest absolute Gasteiger partial charge is 0.436 e. The summed E-state index contributed by atoms with van der Waals surface area (Å²) in [6.07, 6.45) is -15.0. The topological polar surface area (TPSA) is 171 Å². The minimum Gasteiger partial charge on any atom is -0.462 e. The van der Waals surface area contributed by atoms with Crippen molar-refractivity contribution in [3.05, 3.63) is 77.2 Å². The van der Waals surface area contributed by atoms with Gasteiger partial charge in [-0.3, -0.25) is 5.41 Å². The molecule has 5 N–H and O–H groups in total. The summed E-state index contributed by atoms with van der Waals surface area (Å²) in [7, 11) is 0. The predicted molar refractivity (Wildman–Crippen MR) is 137 cm³/mol. The van der Waals surface area contributed by atoms with Gasteiger partial charge in [0.2, 0.25) is 6.29 Å². The number of aromatic nitrogens is 4. The van der Waals surface area contributed by atoms with Gasteiger partial charge in [-0.05, 0) is 54.1 Å². The van der Waals surface area contributed by atoms with Crippen LogP contribution < -0.4 is 10.2 Å². The predicted octanol–water partition coefficient (Wildman–Crippen LogP) is 1.80. The zero-order valence-corrected chi connectivity index (χ0v) is 22.0. The van der Waals surface area contributed by atoms with Crippen molar-refractivity contribution in [1.82, 2.24) is 19.4 Å². The summed E-state index contributed by atoms with van der Waals surface area (Å²) in [6.45, 7) is -0.642. The van der Waals surface area contributed by atoms with E-state index in [1.807, 2.05) is 0 Å². The van der Waals surface area contributed by atoms with Gasteiger partial charge in [0.25, 0.3) is 0 Å². The number of hydrogen-bond donors (Lipinski definition) is 5. The lowest BCUT2D eigenvalue weighted by atomic mass is 9.99. The van der Waals surface area contributed by atoms with Crippen LogP contribution in [0.2, 0.25) is 0 Å². The molecular formula is C26H22F6N6O6. The molecule has 0 spiro atoms. The van der Waals surface area contributed by atoms with Crippen LogP contribution in [0.3, 0.4) is 0 Å². The summed E-state index contributed by atoms with van der Waals surface area (Å²) in [5.74, 6) is 0.147. The van der Waals surface area contributed by atoms with Crippen LogP contribution >= 0.6 is 0 Å². The minimum atomic E-state index is -5.04. The molecule has 0 saturated carbocycles. The first kappa shape index (κ1) is 31.1. The lowest BCUT2D eigenvalue weighted by molar-refractivity contribution is -0.277. The molecule has 3 heterocycles. The molecule has 12 nitrogen and oxygen atoms in total. The second kappa shape index (κ2) is 11.6. The van der Waals surface area contributed by atoms with Crippen molar-refractivity contribution >= 4 is 17.2 Å². The molecule has 1 aliphatic rings. The molecule has 4 aromatic rings. The Kier molecular flexibility index (Phi) is 8.21. The summed E-state index contributed by atoms with van der Waals surface area (Å²) >= 11 is 0. The van der Waals surface area contributed by atoms with E-state index in [2.05, 4.69) is 15.2 Å². The Labute approximate surface area is 242 Å². The van der Waals surface area contributed by atoms with E-state index in [4.69, 9.17) is 14.9 Å². The molecule has 44 heavy (non-hydrogen) atoms. The lowest BCUT2D eigenvalue weighted by Crippen LogP contribution is -2.60. The van der Waals surface area contributed by atoms with Gasteiger partial charge in [0, 0.05) is 0 Å². The van der Waals surface area contributed by atoms with Crippen molar-refractivity contribution in [2.75, 3.05) is 6.61 Å². The maximum absolute atomic E-state index is 13.9. The molecular weight excluding hydrogens is 606 g/mol. The first-order valence-corrected chi connectivity index (χ1v) is 12.6. The van der Waals surface area contributed by atoms with E-state index < -0.39 is 77.4 Å². The van der Waals surface area contributed by atoms with Gasteiger partial charge in [-0.15, -0.1) is 0 Å². The third-order valence-corrected chi connectivity index (χ3v) is 6.64. The van der Waals surface area contributed by atoms with Gasteiger partial charge in [0.05, 0.1) is 29.5 Å². The minimum absolute atomic E-state index is 0.141. The average Bonchev–Trinajstić information content (AvgIpc) is 3.39. The molecule has 1 saturated heterocycles.